The summed E-state index contributed by atoms with van der Waals surface area (Å²) >= 11 is 0. The van der Waals surface area contributed by atoms with Crippen LogP contribution in [0, 0.1) is 11.7 Å². The second-order valence-corrected chi connectivity index (χ2v) is 9.34. The summed E-state index contributed by atoms with van der Waals surface area (Å²) in [5, 5.41) is 11.9. The molecule has 7 nitrogen and oxygen atoms in total. The van der Waals surface area contributed by atoms with Crippen LogP contribution in [0.25, 0.3) is 55.8 Å². The van der Waals surface area contributed by atoms with E-state index in [2.05, 4.69) is 54.2 Å². The maximum Gasteiger partial charge on any atom is 0.178 e. The number of hydrogen-bond acceptors (Lipinski definition) is 5. The summed E-state index contributed by atoms with van der Waals surface area (Å²) in [5.74, 6) is 0.821. The molecule has 3 N–H and O–H groups in total. The average molecular weight is 488 g/mol. The van der Waals surface area contributed by atoms with Crippen LogP contribution in [-0.2, 0) is 0 Å². The second kappa shape index (κ2) is 8.37. The van der Waals surface area contributed by atoms with Gasteiger partial charge in [0.05, 0.1) is 22.9 Å². The van der Waals surface area contributed by atoms with Gasteiger partial charge < -0.3 is 10.3 Å². The zero-order valence-electron chi connectivity index (χ0n) is 19.8. The molecule has 0 bridgehead atoms. The molecule has 4 heterocycles. The number of allylic oxidation sites excluding steroid dienone is 1. The van der Waals surface area contributed by atoms with E-state index in [4.69, 9.17) is 0 Å². The second-order valence-electron chi connectivity index (χ2n) is 9.34. The van der Waals surface area contributed by atoms with Gasteiger partial charge in [0, 0.05) is 40.2 Å². The van der Waals surface area contributed by atoms with Gasteiger partial charge in [-0.15, -0.1) is 0 Å². The predicted molar refractivity (Wildman–Crippen MR) is 143 cm³/mol. The van der Waals surface area contributed by atoms with E-state index < -0.39 is 0 Å². The van der Waals surface area contributed by atoms with E-state index in [-0.39, 0.29) is 5.82 Å². The molecule has 180 valence electrons. The first-order valence-electron chi connectivity index (χ1n) is 12.1. The number of nitrogens with one attached hydrogen (secondary N) is 3. The molecule has 0 radical (unpaired) electrons. The molecule has 1 aliphatic carbocycles. The first-order chi connectivity index (χ1) is 18.1. The largest absolute Gasteiger partial charge is 0.358 e. The number of fused-ring (bicyclic) bond motifs is 2. The summed E-state index contributed by atoms with van der Waals surface area (Å²) in [6, 6.07) is 16.7. The Kier molecular flexibility index (Phi) is 4.85. The minimum absolute atomic E-state index is 0.299. The number of aromatic amines is 2. The quantitative estimate of drug-likeness (QED) is 0.243. The number of benzene rings is 2. The lowest BCUT2D eigenvalue weighted by molar-refractivity contribution is 0.631. The molecule has 0 atom stereocenters. The number of nitrogens with zero attached hydrogens (tertiary/aromatic N) is 4. The van der Waals surface area contributed by atoms with Crippen molar-refractivity contribution in [2.45, 2.75) is 12.8 Å². The van der Waals surface area contributed by atoms with Gasteiger partial charge in [0.2, 0.25) is 0 Å². The summed E-state index contributed by atoms with van der Waals surface area (Å²) in [7, 11) is 0. The molecular formula is C29H22FN7. The van der Waals surface area contributed by atoms with Gasteiger partial charge in [-0.1, -0.05) is 30.8 Å². The Labute approximate surface area is 211 Å². The molecule has 8 heteroatoms. The van der Waals surface area contributed by atoms with E-state index in [1.54, 1.807) is 24.4 Å². The van der Waals surface area contributed by atoms with Gasteiger partial charge in [0.1, 0.15) is 11.5 Å². The van der Waals surface area contributed by atoms with Crippen molar-refractivity contribution in [1.82, 2.24) is 30.1 Å². The Morgan fingerprint density at radius 3 is 2.76 bits per heavy atom. The van der Waals surface area contributed by atoms with Gasteiger partial charge in [0.15, 0.2) is 11.5 Å². The van der Waals surface area contributed by atoms with Crippen molar-refractivity contribution in [3.8, 4) is 33.8 Å². The average Bonchev–Trinajstić information content (AvgIpc) is 3.55. The standard InChI is InChI=1S/C29H22FN7/c1-16(17-6-7-17)33-20-12-19(14-31-15-20)18-8-9-25-23(13-18)27(37-36-25)29-34-26-22(10-11-32-28(26)35-29)21-4-2-3-5-24(21)30/h2-5,8-15,17,33H,1,6-7H2,(H,36,37)(H,32,34,35). The molecule has 0 amide bonds. The fourth-order valence-electron chi connectivity index (χ4n) is 4.69. The number of halogens is 1. The fraction of sp³-hybridized carbons (Fsp3) is 0.103. The van der Waals surface area contributed by atoms with Gasteiger partial charge in [0.25, 0.3) is 0 Å². The lowest BCUT2D eigenvalue weighted by atomic mass is 10.0. The van der Waals surface area contributed by atoms with Crippen molar-refractivity contribution in [2.24, 2.45) is 5.92 Å². The molecule has 37 heavy (non-hydrogen) atoms. The number of pyridine rings is 2. The topological polar surface area (TPSA) is 95.2 Å². The monoisotopic (exact) mass is 487 g/mol. The Bertz CT molecular complexity index is 1810. The maximum absolute atomic E-state index is 14.6. The zero-order valence-corrected chi connectivity index (χ0v) is 19.8. The van der Waals surface area contributed by atoms with Gasteiger partial charge >= 0.3 is 0 Å². The van der Waals surface area contributed by atoms with E-state index in [1.807, 2.05) is 30.6 Å². The third kappa shape index (κ3) is 3.83. The molecule has 1 saturated carbocycles. The molecule has 1 fully saturated rings. The lowest BCUT2D eigenvalue weighted by Crippen LogP contribution is -2.00. The van der Waals surface area contributed by atoms with Crippen molar-refractivity contribution < 1.29 is 4.39 Å². The van der Waals surface area contributed by atoms with E-state index >= 15 is 0 Å². The highest BCUT2D eigenvalue weighted by Crippen LogP contribution is 2.37. The molecule has 1 aliphatic rings. The normalized spacial score (nSPS) is 13.3. The smallest absolute Gasteiger partial charge is 0.178 e. The third-order valence-electron chi connectivity index (χ3n) is 6.79. The summed E-state index contributed by atoms with van der Waals surface area (Å²) < 4.78 is 14.6. The SMILES string of the molecule is C=C(Nc1cncc(-c2ccc3[nH]nc(-c4nc5nccc(-c6ccccc6F)c5[nH]4)c3c2)c1)C1CC1. The zero-order chi connectivity index (χ0) is 24.9. The fourth-order valence-corrected chi connectivity index (χ4v) is 4.69. The van der Waals surface area contributed by atoms with Crippen molar-refractivity contribution in [1.29, 1.82) is 0 Å². The molecule has 0 saturated heterocycles. The van der Waals surface area contributed by atoms with E-state index in [1.165, 1.54) is 18.9 Å². The number of aromatic nitrogens is 6. The molecule has 0 unspecified atom stereocenters. The highest BCUT2D eigenvalue weighted by atomic mass is 19.1. The Hall–Kier alpha value is -4.85. The molecular weight excluding hydrogens is 465 g/mol. The molecule has 2 aromatic carbocycles. The molecule has 7 rings (SSSR count). The van der Waals surface area contributed by atoms with Gasteiger partial charge in [-0.2, -0.15) is 5.10 Å². The van der Waals surface area contributed by atoms with Gasteiger partial charge in [-0.05, 0) is 54.7 Å². The van der Waals surface area contributed by atoms with Crippen LogP contribution in [0.3, 0.4) is 0 Å². The number of anilines is 1. The van der Waals surface area contributed by atoms with E-state index in [0.29, 0.717) is 39.7 Å². The number of hydrogen-bond donors (Lipinski definition) is 3. The summed E-state index contributed by atoms with van der Waals surface area (Å²) in [6.45, 7) is 4.15. The van der Waals surface area contributed by atoms with Crippen molar-refractivity contribution >= 4 is 27.8 Å². The van der Waals surface area contributed by atoms with Crippen LogP contribution in [0.4, 0.5) is 10.1 Å². The van der Waals surface area contributed by atoms with Crippen molar-refractivity contribution in [3.05, 3.63) is 91.3 Å². The van der Waals surface area contributed by atoms with Crippen LogP contribution in [-0.4, -0.2) is 30.1 Å². The van der Waals surface area contributed by atoms with Crippen LogP contribution < -0.4 is 5.32 Å². The van der Waals surface area contributed by atoms with Gasteiger partial charge in [-0.3, -0.25) is 10.1 Å². The van der Waals surface area contributed by atoms with E-state index in [9.17, 15) is 4.39 Å². The maximum atomic E-state index is 14.6. The van der Waals surface area contributed by atoms with Crippen LogP contribution in [0.15, 0.2) is 85.5 Å². The van der Waals surface area contributed by atoms with Gasteiger partial charge in [-0.25, -0.2) is 14.4 Å². The number of H-pyrrole nitrogens is 2. The first kappa shape index (κ1) is 21.4. The lowest BCUT2D eigenvalue weighted by Gasteiger charge is -2.10. The highest BCUT2D eigenvalue weighted by Gasteiger charge is 2.24. The minimum atomic E-state index is -0.299. The Morgan fingerprint density at radius 2 is 1.89 bits per heavy atom. The highest BCUT2D eigenvalue weighted by molar-refractivity contribution is 5.97. The summed E-state index contributed by atoms with van der Waals surface area (Å²) in [6.07, 6.45) is 7.68. The van der Waals surface area contributed by atoms with Crippen LogP contribution in [0.2, 0.25) is 0 Å². The number of rotatable bonds is 6. The van der Waals surface area contributed by atoms with E-state index in [0.717, 1.165) is 33.4 Å². The van der Waals surface area contributed by atoms with Crippen LogP contribution in [0.1, 0.15) is 12.8 Å². The molecule has 0 aliphatic heterocycles. The summed E-state index contributed by atoms with van der Waals surface area (Å²) in [5.41, 5.74) is 7.85. The van der Waals surface area contributed by atoms with Crippen LogP contribution in [0.5, 0.6) is 0 Å². The third-order valence-corrected chi connectivity index (χ3v) is 6.79. The summed E-state index contributed by atoms with van der Waals surface area (Å²) in [4.78, 5) is 16.9. The van der Waals surface area contributed by atoms with Crippen molar-refractivity contribution in [2.75, 3.05) is 5.32 Å². The molecule has 4 aromatic heterocycles. The molecule has 0 spiro atoms. The predicted octanol–water partition coefficient (Wildman–Crippen LogP) is 6.70. The van der Waals surface area contributed by atoms with Crippen molar-refractivity contribution in [3.63, 3.8) is 0 Å². The minimum Gasteiger partial charge on any atom is -0.358 e. The Morgan fingerprint density at radius 1 is 1.00 bits per heavy atom. The Balaban J connectivity index is 1.29. The van der Waals surface area contributed by atoms with Crippen LogP contribution >= 0.6 is 0 Å². The number of imidazole rings is 1. The molecule has 6 aromatic rings. The first-order valence-corrected chi connectivity index (χ1v) is 12.1.